The molecule has 2 unspecified atom stereocenters. The maximum absolute atomic E-state index is 12.6. The van der Waals surface area contributed by atoms with Crippen LogP contribution >= 0.6 is 11.8 Å². The molecule has 0 aromatic carbocycles. The molecule has 2 N–H and O–H groups in total. The van der Waals surface area contributed by atoms with Crippen molar-refractivity contribution in [3.05, 3.63) is 17.8 Å². The van der Waals surface area contributed by atoms with E-state index in [1.165, 1.54) is 6.26 Å². The number of thioether (sulfide) groups is 1. The Morgan fingerprint density at radius 2 is 2.38 bits per heavy atom. The Balaban J connectivity index is 1.98. The van der Waals surface area contributed by atoms with Gasteiger partial charge in [0, 0.05) is 13.1 Å². The average Bonchev–Trinajstić information content (AvgIpc) is 3.09. The quantitative estimate of drug-likeness (QED) is 0.745. The molecule has 24 heavy (non-hydrogen) atoms. The van der Waals surface area contributed by atoms with Gasteiger partial charge in [-0.1, -0.05) is 0 Å². The van der Waals surface area contributed by atoms with Crippen molar-refractivity contribution >= 4 is 23.6 Å². The highest BCUT2D eigenvalue weighted by atomic mass is 32.2. The van der Waals surface area contributed by atoms with Crippen molar-refractivity contribution in [1.29, 1.82) is 0 Å². The van der Waals surface area contributed by atoms with Crippen molar-refractivity contribution in [3.8, 4) is 0 Å². The normalized spacial score (nSPS) is 19.1. The first kappa shape index (κ1) is 18.8. The highest BCUT2D eigenvalue weighted by Crippen LogP contribution is 2.21. The third kappa shape index (κ3) is 4.73. The van der Waals surface area contributed by atoms with Crippen molar-refractivity contribution in [2.45, 2.75) is 32.2 Å². The number of hydrogen-bond acceptors (Lipinski definition) is 7. The van der Waals surface area contributed by atoms with Gasteiger partial charge >= 0.3 is 5.97 Å². The SMILES string of the molecule is CCOC(=O)C1CCCN(C(=O)c2coc(C(N)CCSC)n2)C1. The first-order valence-electron chi connectivity index (χ1n) is 8.22. The standard InChI is InChI=1S/C16H25N3O4S/c1-3-22-16(21)11-5-4-7-19(9-11)15(20)13-10-23-14(18-13)12(17)6-8-24-2/h10-12H,3-9,17H2,1-2H3. The summed E-state index contributed by atoms with van der Waals surface area (Å²) in [5, 5.41) is 0. The Morgan fingerprint density at radius 3 is 3.08 bits per heavy atom. The number of esters is 1. The van der Waals surface area contributed by atoms with Crippen LogP contribution in [0.1, 0.15) is 48.6 Å². The van der Waals surface area contributed by atoms with E-state index in [0.717, 1.165) is 25.0 Å². The zero-order valence-corrected chi connectivity index (χ0v) is 15.0. The number of rotatable bonds is 7. The van der Waals surface area contributed by atoms with Crippen LogP contribution < -0.4 is 5.73 Å². The van der Waals surface area contributed by atoms with Gasteiger partial charge in [0.2, 0.25) is 5.89 Å². The Labute approximate surface area is 146 Å². The lowest BCUT2D eigenvalue weighted by Gasteiger charge is -2.30. The van der Waals surface area contributed by atoms with E-state index >= 15 is 0 Å². The van der Waals surface area contributed by atoms with E-state index in [9.17, 15) is 9.59 Å². The van der Waals surface area contributed by atoms with Crippen LogP contribution in [0.2, 0.25) is 0 Å². The molecule has 1 saturated heterocycles. The lowest BCUT2D eigenvalue weighted by molar-refractivity contribution is -0.149. The summed E-state index contributed by atoms with van der Waals surface area (Å²) in [6.45, 7) is 3.10. The zero-order valence-electron chi connectivity index (χ0n) is 14.2. The number of nitrogens with two attached hydrogens (primary N) is 1. The predicted molar refractivity (Wildman–Crippen MR) is 91.7 cm³/mol. The van der Waals surface area contributed by atoms with Gasteiger partial charge in [-0.3, -0.25) is 9.59 Å². The number of carbonyl (C=O) groups excluding carboxylic acids is 2. The van der Waals surface area contributed by atoms with Crippen LogP contribution in [-0.2, 0) is 9.53 Å². The van der Waals surface area contributed by atoms with Crippen LogP contribution in [0.15, 0.2) is 10.7 Å². The first-order chi connectivity index (χ1) is 11.6. The van der Waals surface area contributed by atoms with Crippen LogP contribution in [0.4, 0.5) is 0 Å². The molecule has 1 fully saturated rings. The van der Waals surface area contributed by atoms with Crippen molar-refractivity contribution in [1.82, 2.24) is 9.88 Å². The second-order valence-corrected chi connectivity index (χ2v) is 6.79. The summed E-state index contributed by atoms with van der Waals surface area (Å²) < 4.78 is 10.4. The number of piperidine rings is 1. The lowest BCUT2D eigenvalue weighted by Crippen LogP contribution is -2.43. The molecule has 0 bridgehead atoms. The van der Waals surface area contributed by atoms with Crippen LogP contribution in [0, 0.1) is 5.92 Å². The molecule has 0 saturated carbocycles. The molecule has 0 aliphatic carbocycles. The van der Waals surface area contributed by atoms with Gasteiger partial charge in [0.25, 0.3) is 5.91 Å². The summed E-state index contributed by atoms with van der Waals surface area (Å²) in [6.07, 6.45) is 5.61. The number of likely N-dealkylation sites (tertiary alicyclic amines) is 1. The molecule has 2 rings (SSSR count). The minimum Gasteiger partial charge on any atom is -0.466 e. The van der Waals surface area contributed by atoms with Gasteiger partial charge in [0.1, 0.15) is 6.26 Å². The number of aromatic nitrogens is 1. The third-order valence-corrected chi connectivity index (χ3v) is 4.66. The third-order valence-electron chi connectivity index (χ3n) is 4.02. The van der Waals surface area contributed by atoms with Crippen LogP contribution in [0.3, 0.4) is 0 Å². The van der Waals surface area contributed by atoms with E-state index in [0.29, 0.717) is 25.6 Å². The van der Waals surface area contributed by atoms with Crippen molar-refractivity contribution < 1.29 is 18.7 Å². The van der Waals surface area contributed by atoms with E-state index in [1.807, 2.05) is 6.26 Å². The van der Waals surface area contributed by atoms with Crippen LogP contribution in [0.25, 0.3) is 0 Å². The maximum Gasteiger partial charge on any atom is 0.310 e. The molecule has 2 atom stereocenters. The molecular weight excluding hydrogens is 330 g/mol. The molecule has 1 amide bonds. The fraction of sp³-hybridized carbons (Fsp3) is 0.688. The largest absolute Gasteiger partial charge is 0.466 e. The first-order valence-corrected chi connectivity index (χ1v) is 9.62. The molecule has 1 aromatic rings. The molecular formula is C16H25N3O4S. The number of oxazole rings is 1. The second-order valence-electron chi connectivity index (χ2n) is 5.80. The highest BCUT2D eigenvalue weighted by molar-refractivity contribution is 7.98. The second kappa shape index (κ2) is 9.08. The molecule has 0 spiro atoms. The molecule has 1 aliphatic rings. The summed E-state index contributed by atoms with van der Waals surface area (Å²) >= 11 is 1.70. The van der Waals surface area contributed by atoms with Gasteiger partial charge in [-0.2, -0.15) is 11.8 Å². The van der Waals surface area contributed by atoms with Crippen molar-refractivity contribution in [3.63, 3.8) is 0 Å². The van der Waals surface area contributed by atoms with Crippen LogP contribution in [0.5, 0.6) is 0 Å². The van der Waals surface area contributed by atoms with Gasteiger partial charge in [0.15, 0.2) is 5.69 Å². The Hall–Kier alpha value is -1.54. The van der Waals surface area contributed by atoms with E-state index in [1.54, 1.807) is 23.6 Å². The van der Waals surface area contributed by atoms with Gasteiger partial charge in [0.05, 0.1) is 18.6 Å². The monoisotopic (exact) mass is 355 g/mol. The average molecular weight is 355 g/mol. The predicted octanol–water partition coefficient (Wildman–Crippen LogP) is 1.84. The fourth-order valence-electron chi connectivity index (χ4n) is 2.70. The fourth-order valence-corrected chi connectivity index (χ4v) is 3.19. The van der Waals surface area contributed by atoms with Gasteiger partial charge in [-0.25, -0.2) is 4.98 Å². The van der Waals surface area contributed by atoms with Gasteiger partial charge < -0.3 is 19.8 Å². The summed E-state index contributed by atoms with van der Waals surface area (Å²) in [6, 6.07) is -0.312. The molecule has 7 nitrogen and oxygen atoms in total. The Morgan fingerprint density at radius 1 is 1.58 bits per heavy atom. The summed E-state index contributed by atoms with van der Waals surface area (Å²) in [7, 11) is 0. The number of nitrogens with zero attached hydrogens (tertiary/aromatic N) is 2. The highest BCUT2D eigenvalue weighted by Gasteiger charge is 2.31. The Bertz CT molecular complexity index is 563. The molecule has 8 heteroatoms. The molecule has 0 radical (unpaired) electrons. The van der Waals surface area contributed by atoms with E-state index in [4.69, 9.17) is 14.9 Å². The van der Waals surface area contributed by atoms with Crippen LogP contribution in [-0.4, -0.2) is 53.5 Å². The number of hydrogen-bond donors (Lipinski definition) is 1. The topological polar surface area (TPSA) is 98.7 Å². The maximum atomic E-state index is 12.6. The molecule has 1 aromatic heterocycles. The van der Waals surface area contributed by atoms with E-state index in [2.05, 4.69) is 4.98 Å². The number of ether oxygens (including phenoxy) is 1. The number of carbonyl (C=O) groups is 2. The summed E-state index contributed by atoms with van der Waals surface area (Å²) in [5.41, 5.74) is 6.26. The van der Waals surface area contributed by atoms with Gasteiger partial charge in [-0.15, -0.1) is 0 Å². The molecule has 2 heterocycles. The molecule has 134 valence electrons. The van der Waals surface area contributed by atoms with Crippen molar-refractivity contribution in [2.24, 2.45) is 11.7 Å². The van der Waals surface area contributed by atoms with Crippen molar-refractivity contribution in [2.75, 3.05) is 31.7 Å². The molecule has 1 aliphatic heterocycles. The smallest absolute Gasteiger partial charge is 0.310 e. The van der Waals surface area contributed by atoms with Gasteiger partial charge in [-0.05, 0) is 38.2 Å². The number of amides is 1. The Kier molecular flexibility index (Phi) is 7.11. The van der Waals surface area contributed by atoms with E-state index in [-0.39, 0.29) is 29.5 Å². The summed E-state index contributed by atoms with van der Waals surface area (Å²) in [5.74, 6) is 0.551. The summed E-state index contributed by atoms with van der Waals surface area (Å²) in [4.78, 5) is 30.3. The lowest BCUT2D eigenvalue weighted by atomic mass is 9.98. The zero-order chi connectivity index (χ0) is 17.5. The minimum atomic E-state index is -0.312. The van der Waals surface area contributed by atoms with E-state index < -0.39 is 0 Å². The minimum absolute atomic E-state index is 0.226.